The van der Waals surface area contributed by atoms with E-state index in [2.05, 4.69) is 23.8 Å². The molecule has 2 atom stereocenters. The van der Waals surface area contributed by atoms with Crippen LogP contribution in [0.25, 0.3) is 0 Å². The number of rotatable bonds is 16. The predicted molar refractivity (Wildman–Crippen MR) is 99.0 cm³/mol. The zero-order valence-corrected chi connectivity index (χ0v) is 16.0. The molecule has 0 aromatic rings. The highest BCUT2D eigenvalue weighted by molar-refractivity contribution is 5.68. The van der Waals surface area contributed by atoms with Crippen LogP contribution in [-0.2, 0) is 14.3 Å². The highest BCUT2D eigenvalue weighted by Crippen LogP contribution is 2.13. The van der Waals surface area contributed by atoms with Crippen LogP contribution in [0.5, 0.6) is 0 Å². The fourth-order valence-corrected chi connectivity index (χ4v) is 2.71. The van der Waals surface area contributed by atoms with Crippen LogP contribution >= 0.6 is 0 Å². The Bertz CT molecular complexity index is 315. The molecule has 0 aliphatic carbocycles. The Labute approximate surface area is 148 Å². The second-order valence-electron chi connectivity index (χ2n) is 6.43. The van der Waals surface area contributed by atoms with Crippen LogP contribution in [0.3, 0.4) is 0 Å². The van der Waals surface area contributed by atoms with Gasteiger partial charge in [0.05, 0.1) is 19.3 Å². The van der Waals surface area contributed by atoms with Gasteiger partial charge in [-0.05, 0) is 32.1 Å². The lowest BCUT2D eigenvalue weighted by Gasteiger charge is -2.20. The standard InChI is InChI=1S/C20H38O4/c1-4-5-12-15-18(21)19(23-2)16-13-10-8-6-7-9-11-14-17-20(22)24-3/h10,13,18-19,21H,4-9,11-12,14-17H2,1-3H3. The molecule has 2 unspecified atom stereocenters. The largest absolute Gasteiger partial charge is 0.469 e. The minimum absolute atomic E-state index is 0.0866. The molecule has 0 bridgehead atoms. The van der Waals surface area contributed by atoms with E-state index in [4.69, 9.17) is 4.74 Å². The Balaban J connectivity index is 3.59. The van der Waals surface area contributed by atoms with Crippen molar-refractivity contribution in [3.8, 4) is 0 Å². The molecule has 24 heavy (non-hydrogen) atoms. The quantitative estimate of drug-likeness (QED) is 0.249. The van der Waals surface area contributed by atoms with Crippen molar-refractivity contribution in [2.45, 2.75) is 96.2 Å². The number of aliphatic hydroxyl groups excluding tert-OH is 1. The SMILES string of the molecule is CCCCCC(O)C(CC=CCCCCCCCC(=O)OC)OC. The Hall–Kier alpha value is -0.870. The molecule has 4 heteroatoms. The fourth-order valence-electron chi connectivity index (χ4n) is 2.71. The summed E-state index contributed by atoms with van der Waals surface area (Å²) in [4.78, 5) is 11.0. The summed E-state index contributed by atoms with van der Waals surface area (Å²) in [5, 5.41) is 10.1. The van der Waals surface area contributed by atoms with Gasteiger partial charge in [0.1, 0.15) is 0 Å². The number of methoxy groups -OCH3 is 2. The highest BCUT2D eigenvalue weighted by Gasteiger charge is 2.16. The first kappa shape index (κ1) is 23.1. The number of hydrogen-bond acceptors (Lipinski definition) is 4. The Morgan fingerprint density at radius 2 is 1.71 bits per heavy atom. The molecular weight excluding hydrogens is 304 g/mol. The number of hydrogen-bond donors (Lipinski definition) is 1. The van der Waals surface area contributed by atoms with Crippen molar-refractivity contribution in [2.75, 3.05) is 14.2 Å². The molecule has 0 saturated carbocycles. The number of aliphatic hydroxyl groups is 1. The van der Waals surface area contributed by atoms with E-state index in [1.54, 1.807) is 7.11 Å². The first-order valence-corrected chi connectivity index (χ1v) is 9.58. The molecule has 0 heterocycles. The summed E-state index contributed by atoms with van der Waals surface area (Å²) < 4.78 is 10.0. The van der Waals surface area contributed by atoms with Gasteiger partial charge in [-0.3, -0.25) is 4.79 Å². The number of esters is 1. The molecule has 0 aromatic heterocycles. The lowest BCUT2D eigenvalue weighted by Crippen LogP contribution is -2.27. The second kappa shape index (κ2) is 17.0. The molecule has 1 N–H and O–H groups in total. The van der Waals surface area contributed by atoms with Gasteiger partial charge in [-0.15, -0.1) is 0 Å². The number of allylic oxidation sites excluding steroid dienone is 1. The van der Waals surface area contributed by atoms with Crippen LogP contribution < -0.4 is 0 Å². The summed E-state index contributed by atoms with van der Waals surface area (Å²) in [6.07, 6.45) is 16.1. The lowest BCUT2D eigenvalue weighted by molar-refractivity contribution is -0.140. The van der Waals surface area contributed by atoms with E-state index in [-0.39, 0.29) is 18.2 Å². The van der Waals surface area contributed by atoms with Gasteiger partial charge in [-0.2, -0.15) is 0 Å². The van der Waals surface area contributed by atoms with E-state index >= 15 is 0 Å². The molecule has 0 rings (SSSR count). The van der Waals surface area contributed by atoms with Crippen molar-refractivity contribution >= 4 is 5.97 Å². The average Bonchev–Trinajstić information content (AvgIpc) is 2.59. The van der Waals surface area contributed by atoms with E-state index in [1.807, 2.05) is 0 Å². The van der Waals surface area contributed by atoms with Crippen LogP contribution in [0.1, 0.15) is 84.0 Å². The second-order valence-corrected chi connectivity index (χ2v) is 6.43. The highest BCUT2D eigenvalue weighted by atomic mass is 16.5. The van der Waals surface area contributed by atoms with E-state index in [0.717, 1.165) is 38.5 Å². The number of unbranched alkanes of at least 4 members (excludes halogenated alkanes) is 7. The zero-order valence-electron chi connectivity index (χ0n) is 16.0. The molecule has 0 fully saturated rings. The maximum atomic E-state index is 11.0. The van der Waals surface area contributed by atoms with Gasteiger partial charge in [0, 0.05) is 13.5 Å². The smallest absolute Gasteiger partial charge is 0.305 e. The normalized spacial score (nSPS) is 14.0. The topological polar surface area (TPSA) is 55.8 Å². The molecule has 0 radical (unpaired) electrons. The van der Waals surface area contributed by atoms with Gasteiger partial charge >= 0.3 is 5.97 Å². The number of carbonyl (C=O) groups excluding carboxylic acids is 1. The molecule has 142 valence electrons. The first-order chi connectivity index (χ1) is 11.7. The summed E-state index contributed by atoms with van der Waals surface area (Å²) in [6.45, 7) is 2.17. The van der Waals surface area contributed by atoms with Gasteiger partial charge in [0.2, 0.25) is 0 Å². The molecule has 0 amide bonds. The maximum absolute atomic E-state index is 11.0. The van der Waals surface area contributed by atoms with Crippen molar-refractivity contribution in [2.24, 2.45) is 0 Å². The average molecular weight is 343 g/mol. The molecular formula is C20H38O4. The van der Waals surface area contributed by atoms with Gasteiger partial charge in [0.15, 0.2) is 0 Å². The van der Waals surface area contributed by atoms with E-state index in [9.17, 15) is 9.90 Å². The predicted octanol–water partition coefficient (Wildman–Crippen LogP) is 4.79. The third-order valence-corrected chi connectivity index (χ3v) is 4.35. The van der Waals surface area contributed by atoms with Crippen LogP contribution in [0.2, 0.25) is 0 Å². The van der Waals surface area contributed by atoms with E-state index in [1.165, 1.54) is 39.2 Å². The fraction of sp³-hybridized carbons (Fsp3) is 0.850. The molecule has 0 aliphatic rings. The molecule has 0 aliphatic heterocycles. The van der Waals surface area contributed by atoms with Crippen molar-refractivity contribution in [3.05, 3.63) is 12.2 Å². The minimum Gasteiger partial charge on any atom is -0.469 e. The Kier molecular flexibility index (Phi) is 16.4. The number of ether oxygens (including phenoxy) is 2. The minimum atomic E-state index is -0.360. The van der Waals surface area contributed by atoms with E-state index in [0.29, 0.717) is 6.42 Å². The first-order valence-electron chi connectivity index (χ1n) is 9.58. The summed E-state index contributed by atoms with van der Waals surface area (Å²) in [5.74, 6) is -0.109. The monoisotopic (exact) mass is 342 g/mol. The summed E-state index contributed by atoms with van der Waals surface area (Å²) in [7, 11) is 3.11. The van der Waals surface area contributed by atoms with E-state index < -0.39 is 0 Å². The number of carbonyl (C=O) groups is 1. The van der Waals surface area contributed by atoms with Gasteiger partial charge in [-0.1, -0.05) is 57.6 Å². The van der Waals surface area contributed by atoms with Crippen LogP contribution in [0.4, 0.5) is 0 Å². The van der Waals surface area contributed by atoms with Crippen molar-refractivity contribution in [1.29, 1.82) is 0 Å². The van der Waals surface area contributed by atoms with Crippen molar-refractivity contribution in [1.82, 2.24) is 0 Å². The summed E-state index contributed by atoms with van der Waals surface area (Å²) in [5.41, 5.74) is 0. The van der Waals surface area contributed by atoms with Crippen LogP contribution in [-0.4, -0.2) is 37.5 Å². The van der Waals surface area contributed by atoms with Gasteiger partial charge < -0.3 is 14.6 Å². The van der Waals surface area contributed by atoms with Gasteiger partial charge in [-0.25, -0.2) is 0 Å². The molecule has 0 aromatic carbocycles. The van der Waals surface area contributed by atoms with Crippen LogP contribution in [0, 0.1) is 0 Å². The summed E-state index contributed by atoms with van der Waals surface area (Å²) >= 11 is 0. The van der Waals surface area contributed by atoms with Crippen molar-refractivity contribution < 1.29 is 19.4 Å². The van der Waals surface area contributed by atoms with Crippen LogP contribution in [0.15, 0.2) is 12.2 Å². The van der Waals surface area contributed by atoms with Crippen molar-refractivity contribution in [3.63, 3.8) is 0 Å². The third kappa shape index (κ3) is 13.6. The lowest BCUT2D eigenvalue weighted by atomic mass is 10.0. The summed E-state index contributed by atoms with van der Waals surface area (Å²) in [6, 6.07) is 0. The Morgan fingerprint density at radius 1 is 1.00 bits per heavy atom. The van der Waals surface area contributed by atoms with Gasteiger partial charge in [0.25, 0.3) is 0 Å². The Morgan fingerprint density at radius 3 is 2.38 bits per heavy atom. The molecule has 0 saturated heterocycles. The molecule has 4 nitrogen and oxygen atoms in total. The third-order valence-electron chi connectivity index (χ3n) is 4.35. The maximum Gasteiger partial charge on any atom is 0.305 e. The zero-order chi connectivity index (χ0) is 18.0. The molecule has 0 spiro atoms.